The highest BCUT2D eigenvalue weighted by molar-refractivity contribution is 4.98. The van der Waals surface area contributed by atoms with Gasteiger partial charge in [0.15, 0.2) is 37.7 Å². The second kappa shape index (κ2) is 23.5. The van der Waals surface area contributed by atoms with Crippen molar-refractivity contribution in [1.82, 2.24) is 0 Å². The van der Waals surface area contributed by atoms with Crippen LogP contribution in [-0.2, 0) is 52.1 Å². The first kappa shape index (κ1) is 55.1. The van der Waals surface area contributed by atoms with E-state index in [1.54, 1.807) is 0 Å². The Bertz CT molecular complexity index is 1500. The van der Waals surface area contributed by atoms with Crippen molar-refractivity contribution >= 4 is 0 Å². The van der Waals surface area contributed by atoms with E-state index in [0.29, 0.717) is 0 Å². The molecule has 0 saturated carbocycles. The lowest BCUT2D eigenvalue weighted by Crippen LogP contribution is -2.67. The molecule has 6 aliphatic heterocycles. The molecule has 6 aliphatic rings. The number of aliphatic hydroxyl groups is 20. The molecule has 31 heteroatoms. The Hall–Kier alpha value is -1.24. The molecule has 0 aliphatic carbocycles. The highest BCUT2D eigenvalue weighted by Gasteiger charge is 2.56. The third-order valence-electron chi connectivity index (χ3n) is 12.4. The second-order valence-corrected chi connectivity index (χ2v) is 16.8. The summed E-state index contributed by atoms with van der Waals surface area (Å²) in [5.41, 5.74) is 0. The maximum Gasteiger partial charge on any atom is 0.187 e. The van der Waals surface area contributed by atoms with E-state index in [4.69, 9.17) is 52.1 Å². The minimum Gasteiger partial charge on any atom is -0.394 e. The van der Waals surface area contributed by atoms with E-state index >= 15 is 0 Å². The molecular formula is C36H62O31. The molecule has 6 fully saturated rings. The highest BCUT2D eigenvalue weighted by atomic mass is 16.8. The van der Waals surface area contributed by atoms with Crippen molar-refractivity contribution in [3.8, 4) is 0 Å². The van der Waals surface area contributed by atoms with Gasteiger partial charge in [0.05, 0.1) is 39.6 Å². The molecule has 67 heavy (non-hydrogen) atoms. The van der Waals surface area contributed by atoms with Gasteiger partial charge in [0.25, 0.3) is 0 Å². The molecule has 0 radical (unpaired) electrons. The summed E-state index contributed by atoms with van der Waals surface area (Å²) in [5.74, 6) is 0. The number of ether oxygens (including phenoxy) is 11. The van der Waals surface area contributed by atoms with E-state index in [1.165, 1.54) is 0 Å². The zero-order valence-electron chi connectivity index (χ0n) is 35.0. The van der Waals surface area contributed by atoms with E-state index in [0.717, 1.165) is 0 Å². The predicted molar refractivity (Wildman–Crippen MR) is 199 cm³/mol. The normalized spacial score (nSPS) is 53.4. The Morgan fingerprint density at radius 2 is 0.567 bits per heavy atom. The Kier molecular flexibility index (Phi) is 19.4. The molecule has 31 nitrogen and oxygen atoms in total. The summed E-state index contributed by atoms with van der Waals surface area (Å²) in [4.78, 5) is 0. The van der Waals surface area contributed by atoms with Crippen LogP contribution >= 0.6 is 0 Å². The summed E-state index contributed by atoms with van der Waals surface area (Å²) < 4.78 is 60.8. The van der Waals surface area contributed by atoms with Gasteiger partial charge in [0, 0.05) is 0 Å². The Morgan fingerprint density at radius 3 is 1.01 bits per heavy atom. The number of hydrogen-bond donors (Lipinski definition) is 20. The van der Waals surface area contributed by atoms with E-state index < -0.39 is 224 Å². The van der Waals surface area contributed by atoms with Crippen LogP contribution in [0, 0.1) is 0 Å². The van der Waals surface area contributed by atoms with Gasteiger partial charge in [-0.25, -0.2) is 0 Å². The van der Waals surface area contributed by atoms with Gasteiger partial charge in [0.1, 0.15) is 146 Å². The van der Waals surface area contributed by atoms with E-state index in [2.05, 4.69) is 0 Å². The largest absolute Gasteiger partial charge is 0.394 e. The average molecular weight is 991 g/mol. The molecule has 6 saturated heterocycles. The maximum absolute atomic E-state index is 11.5. The zero-order valence-corrected chi connectivity index (χ0v) is 35.0. The zero-order chi connectivity index (χ0) is 49.3. The summed E-state index contributed by atoms with van der Waals surface area (Å²) in [5, 5.41) is 210. The molecule has 6 rings (SSSR count). The molecule has 0 spiro atoms. The van der Waals surface area contributed by atoms with E-state index in [9.17, 15) is 102 Å². The minimum atomic E-state index is -2.24. The molecular weight excluding hydrogens is 928 g/mol. The molecule has 392 valence electrons. The van der Waals surface area contributed by atoms with Crippen molar-refractivity contribution in [3.63, 3.8) is 0 Å². The predicted octanol–water partition coefficient (Wildman–Crippen LogP) is -14.1. The lowest BCUT2D eigenvalue weighted by molar-refractivity contribution is -0.390. The van der Waals surface area contributed by atoms with Gasteiger partial charge in [-0.2, -0.15) is 0 Å². The molecule has 0 amide bonds. The smallest absolute Gasteiger partial charge is 0.187 e. The van der Waals surface area contributed by atoms with Gasteiger partial charge in [-0.3, -0.25) is 0 Å². The van der Waals surface area contributed by atoms with Gasteiger partial charge in [-0.05, 0) is 0 Å². The highest BCUT2D eigenvalue weighted by Crippen LogP contribution is 2.35. The fourth-order valence-electron chi connectivity index (χ4n) is 8.27. The van der Waals surface area contributed by atoms with Crippen molar-refractivity contribution in [1.29, 1.82) is 0 Å². The SMILES string of the molecule is OC[C@H]1O[C@H](OC[C@H]2O[C@H](OC[C@H]3O[C@H](O)[C@@H](O)[C@@H](O[C@H]4O[C@H](CO)[C@@H](O)[C@H](O)[C@@H]4O[C@H]4O[C@H](CO)[C@@H](O)[C@H](O)[C@@H]4O)[C@@H]3O)[C@@H](O)[C@@H](O[C@H]3O[C@H](CO)[C@@H](O)[C@H](O)[C@@H]3O)[C@@H]2O)[C@@H](O)[C@@H](O)[C@@H]1O. The van der Waals surface area contributed by atoms with Crippen molar-refractivity contribution < 1.29 is 154 Å². The fourth-order valence-corrected chi connectivity index (χ4v) is 8.27. The van der Waals surface area contributed by atoms with Crippen LogP contribution in [-0.4, -0.2) is 326 Å². The molecule has 20 N–H and O–H groups in total. The standard InChI is InChI=1S/C36H62O31/c37-1-7-13(41)19(47)23(51)32(60-7)57-6-12-18(46)29(65-34-24(52)20(48)14(42)8(2-38)61-34)27(55)33(64-12)58-5-11-17(45)28(26(54)31(56)59-11)66-36-30(22(50)16(44)10(4-40)63-36)67-35-25(53)21(49)15(43)9(3-39)62-35/h7-56H,1-6H2/t7-,8-,9-,10-,11-,12-,13-,14-,15-,16-,17-,18-,19+,20+,21+,22+,23+,24+,25+,26+,27+,28+,29+,30+,31+,32+,33+,34-,35-,36-/m1/s1. The first-order chi connectivity index (χ1) is 31.7. The maximum atomic E-state index is 11.5. The topological polar surface area (TPSA) is 506 Å². The first-order valence-electron chi connectivity index (χ1n) is 21.1. The van der Waals surface area contributed by atoms with Gasteiger partial charge in [-0.1, -0.05) is 0 Å². The van der Waals surface area contributed by atoms with Crippen LogP contribution in [0.2, 0.25) is 0 Å². The van der Waals surface area contributed by atoms with E-state index in [-0.39, 0.29) is 0 Å². The van der Waals surface area contributed by atoms with E-state index in [1.807, 2.05) is 0 Å². The fraction of sp³-hybridized carbons (Fsp3) is 1.00. The van der Waals surface area contributed by atoms with Crippen LogP contribution in [0.1, 0.15) is 0 Å². The van der Waals surface area contributed by atoms with Crippen molar-refractivity contribution in [3.05, 3.63) is 0 Å². The number of hydrogen-bond acceptors (Lipinski definition) is 31. The first-order valence-corrected chi connectivity index (χ1v) is 21.1. The lowest BCUT2D eigenvalue weighted by Gasteiger charge is -2.48. The summed E-state index contributed by atoms with van der Waals surface area (Å²) in [6.45, 7) is -5.36. The second-order valence-electron chi connectivity index (χ2n) is 16.8. The van der Waals surface area contributed by atoms with Crippen LogP contribution in [0.25, 0.3) is 0 Å². The van der Waals surface area contributed by atoms with Crippen LogP contribution in [0.5, 0.6) is 0 Å². The summed E-state index contributed by atoms with van der Waals surface area (Å²) in [6.07, 6.45) is -57.5. The van der Waals surface area contributed by atoms with Crippen LogP contribution in [0.4, 0.5) is 0 Å². The summed E-state index contributed by atoms with van der Waals surface area (Å²) in [6, 6.07) is 0. The summed E-state index contributed by atoms with van der Waals surface area (Å²) in [7, 11) is 0. The van der Waals surface area contributed by atoms with Crippen molar-refractivity contribution in [2.75, 3.05) is 39.6 Å². The minimum absolute atomic E-state index is 0.836. The Labute approximate surface area is 378 Å². The van der Waals surface area contributed by atoms with Gasteiger partial charge in [-0.15, -0.1) is 0 Å². The molecule has 0 aromatic rings. The van der Waals surface area contributed by atoms with Gasteiger partial charge < -0.3 is 154 Å². The number of rotatable bonds is 16. The number of aliphatic hydroxyl groups excluding tert-OH is 20. The Morgan fingerprint density at radius 1 is 0.254 bits per heavy atom. The summed E-state index contributed by atoms with van der Waals surface area (Å²) >= 11 is 0. The van der Waals surface area contributed by atoms with Crippen molar-refractivity contribution in [2.24, 2.45) is 0 Å². The molecule has 30 atom stereocenters. The van der Waals surface area contributed by atoms with Gasteiger partial charge in [0.2, 0.25) is 0 Å². The van der Waals surface area contributed by atoms with Crippen LogP contribution in [0.3, 0.4) is 0 Å². The molecule has 0 aromatic carbocycles. The Balaban J connectivity index is 1.19. The van der Waals surface area contributed by atoms with Crippen LogP contribution < -0.4 is 0 Å². The van der Waals surface area contributed by atoms with Crippen LogP contribution in [0.15, 0.2) is 0 Å². The average Bonchev–Trinajstić information content (AvgIpc) is 3.31. The third-order valence-corrected chi connectivity index (χ3v) is 12.4. The van der Waals surface area contributed by atoms with Gasteiger partial charge >= 0.3 is 0 Å². The quantitative estimate of drug-likeness (QED) is 0.0683. The molecule has 0 bridgehead atoms. The molecule has 0 unspecified atom stereocenters. The van der Waals surface area contributed by atoms with Crippen molar-refractivity contribution in [2.45, 2.75) is 184 Å². The lowest BCUT2D eigenvalue weighted by atomic mass is 9.96. The molecule has 6 heterocycles. The monoisotopic (exact) mass is 990 g/mol. The molecule has 0 aromatic heterocycles. The third kappa shape index (κ3) is 11.5.